The number of benzene rings is 1. The highest BCUT2D eigenvalue weighted by molar-refractivity contribution is 5.69. The zero-order chi connectivity index (χ0) is 14.7. The van der Waals surface area contributed by atoms with E-state index in [1.165, 1.54) is 0 Å². The van der Waals surface area contributed by atoms with Crippen LogP contribution in [0.3, 0.4) is 0 Å². The van der Waals surface area contributed by atoms with Crippen LogP contribution >= 0.6 is 0 Å². The quantitative estimate of drug-likeness (QED) is 0.781. The maximum absolute atomic E-state index is 12.3. The fourth-order valence-electron chi connectivity index (χ4n) is 3.35. The first-order valence-electron chi connectivity index (χ1n) is 7.34. The molecule has 108 valence electrons. The maximum Gasteiger partial charge on any atom is 0.410 e. The van der Waals surface area contributed by atoms with E-state index in [4.69, 9.17) is 10.00 Å². The molecule has 4 heteroatoms. The molecule has 1 aromatic rings. The molecule has 2 aliphatic rings. The van der Waals surface area contributed by atoms with Crippen molar-refractivity contribution in [2.45, 2.75) is 44.4 Å². The molecule has 0 aliphatic carbocycles. The number of rotatable bonds is 2. The summed E-state index contributed by atoms with van der Waals surface area (Å²) in [6.45, 7) is 0.316. The van der Waals surface area contributed by atoms with Crippen LogP contribution in [-0.4, -0.2) is 23.1 Å². The van der Waals surface area contributed by atoms with Crippen molar-refractivity contribution in [2.75, 3.05) is 0 Å². The van der Waals surface area contributed by atoms with Crippen LogP contribution in [0, 0.1) is 11.3 Å². The molecule has 2 fully saturated rings. The third-order valence-corrected chi connectivity index (χ3v) is 4.30. The minimum absolute atomic E-state index is 0.201. The van der Waals surface area contributed by atoms with Crippen LogP contribution in [0.4, 0.5) is 4.79 Å². The van der Waals surface area contributed by atoms with Gasteiger partial charge < -0.3 is 9.64 Å². The van der Waals surface area contributed by atoms with Gasteiger partial charge in [0.15, 0.2) is 0 Å². The lowest BCUT2D eigenvalue weighted by Gasteiger charge is -2.35. The van der Waals surface area contributed by atoms with Gasteiger partial charge in [0.05, 0.1) is 6.07 Å². The van der Waals surface area contributed by atoms with Crippen LogP contribution < -0.4 is 0 Å². The first-order chi connectivity index (χ1) is 10.3. The first-order valence-corrected chi connectivity index (χ1v) is 7.34. The Morgan fingerprint density at radius 2 is 1.95 bits per heavy atom. The first kappa shape index (κ1) is 13.7. The standard InChI is InChI=1S/C17H18N2O2/c18-9-8-14-10-15-6-7-16(11-14)19(15)17(20)21-12-13-4-2-1-3-5-13/h1-5,8,15-16H,6-7,10-12H2. The topological polar surface area (TPSA) is 53.3 Å². The van der Waals surface area contributed by atoms with Gasteiger partial charge in [-0.2, -0.15) is 5.26 Å². The van der Waals surface area contributed by atoms with Crippen molar-refractivity contribution in [3.05, 3.63) is 47.5 Å². The average molecular weight is 282 g/mol. The summed E-state index contributed by atoms with van der Waals surface area (Å²) in [4.78, 5) is 14.2. The third-order valence-electron chi connectivity index (χ3n) is 4.30. The number of nitriles is 1. The molecule has 21 heavy (non-hydrogen) atoms. The second-order valence-corrected chi connectivity index (χ2v) is 5.67. The Labute approximate surface area is 124 Å². The summed E-state index contributed by atoms with van der Waals surface area (Å²) >= 11 is 0. The third kappa shape index (κ3) is 2.92. The molecule has 1 aromatic carbocycles. The van der Waals surface area contributed by atoms with Crippen molar-refractivity contribution in [3.63, 3.8) is 0 Å². The number of allylic oxidation sites excluding steroid dienone is 1. The summed E-state index contributed by atoms with van der Waals surface area (Å²) < 4.78 is 5.45. The summed E-state index contributed by atoms with van der Waals surface area (Å²) in [5.41, 5.74) is 2.16. The molecule has 2 atom stereocenters. The van der Waals surface area contributed by atoms with Crippen molar-refractivity contribution in [1.29, 1.82) is 5.26 Å². The second kappa shape index (κ2) is 6.01. The molecule has 3 rings (SSSR count). The smallest absolute Gasteiger partial charge is 0.410 e. The largest absolute Gasteiger partial charge is 0.445 e. The number of hydrogen-bond donors (Lipinski definition) is 0. The number of ether oxygens (including phenoxy) is 1. The van der Waals surface area contributed by atoms with Gasteiger partial charge in [-0.05, 0) is 31.2 Å². The number of carbonyl (C=O) groups excluding carboxylic acids is 1. The Morgan fingerprint density at radius 1 is 1.29 bits per heavy atom. The van der Waals surface area contributed by atoms with Gasteiger partial charge >= 0.3 is 6.09 Å². The normalized spacial score (nSPS) is 23.6. The summed E-state index contributed by atoms with van der Waals surface area (Å²) in [5.74, 6) is 0. The number of amides is 1. The van der Waals surface area contributed by atoms with Crippen LogP contribution in [-0.2, 0) is 11.3 Å². The molecule has 2 unspecified atom stereocenters. The van der Waals surface area contributed by atoms with Crippen molar-refractivity contribution >= 4 is 6.09 Å². The molecular formula is C17H18N2O2. The minimum atomic E-state index is -0.220. The van der Waals surface area contributed by atoms with Gasteiger partial charge in [0.25, 0.3) is 0 Å². The summed E-state index contributed by atoms with van der Waals surface area (Å²) in [6, 6.07) is 12.2. The predicted octanol–water partition coefficient (Wildman–Crippen LogP) is 3.40. The molecule has 0 aromatic heterocycles. The molecule has 0 saturated carbocycles. The number of hydrogen-bond acceptors (Lipinski definition) is 3. The molecule has 2 heterocycles. The van der Waals surface area contributed by atoms with E-state index in [1.54, 1.807) is 6.08 Å². The monoisotopic (exact) mass is 282 g/mol. The van der Waals surface area contributed by atoms with E-state index in [0.717, 1.165) is 36.8 Å². The molecular weight excluding hydrogens is 264 g/mol. The lowest BCUT2D eigenvalue weighted by Crippen LogP contribution is -2.44. The molecule has 1 amide bonds. The number of carbonyl (C=O) groups is 1. The van der Waals surface area contributed by atoms with Crippen molar-refractivity contribution in [2.24, 2.45) is 0 Å². The van der Waals surface area contributed by atoms with Gasteiger partial charge in [-0.3, -0.25) is 0 Å². The van der Waals surface area contributed by atoms with Crippen molar-refractivity contribution < 1.29 is 9.53 Å². The van der Waals surface area contributed by atoms with E-state index in [0.29, 0.717) is 6.61 Å². The Morgan fingerprint density at radius 3 is 2.57 bits per heavy atom. The number of nitrogens with zero attached hydrogens (tertiary/aromatic N) is 2. The van der Waals surface area contributed by atoms with Crippen molar-refractivity contribution in [1.82, 2.24) is 4.90 Å². The van der Waals surface area contributed by atoms with Gasteiger partial charge in [-0.25, -0.2) is 4.79 Å². The lowest BCUT2D eigenvalue weighted by atomic mass is 9.97. The molecule has 0 radical (unpaired) electrons. The van der Waals surface area contributed by atoms with Gasteiger partial charge in [0.2, 0.25) is 0 Å². The summed E-state index contributed by atoms with van der Waals surface area (Å²) in [6.07, 6.45) is 5.05. The van der Waals surface area contributed by atoms with Gasteiger partial charge in [0, 0.05) is 18.2 Å². The van der Waals surface area contributed by atoms with Gasteiger partial charge in [-0.1, -0.05) is 35.9 Å². The van der Waals surface area contributed by atoms with Crippen LogP contribution in [0.2, 0.25) is 0 Å². The van der Waals surface area contributed by atoms with E-state index in [9.17, 15) is 4.79 Å². The Bertz CT molecular complexity index is 573. The van der Waals surface area contributed by atoms with Crippen LogP contribution in [0.15, 0.2) is 42.0 Å². The Kier molecular flexibility index (Phi) is 3.92. The van der Waals surface area contributed by atoms with Crippen LogP contribution in [0.1, 0.15) is 31.2 Å². The highest BCUT2D eigenvalue weighted by atomic mass is 16.6. The highest BCUT2D eigenvalue weighted by Crippen LogP contribution is 2.38. The SMILES string of the molecule is N#CC=C1CC2CCC(C1)N2C(=O)OCc1ccccc1. The molecule has 0 spiro atoms. The fourth-order valence-corrected chi connectivity index (χ4v) is 3.35. The fraction of sp³-hybridized carbons (Fsp3) is 0.412. The minimum Gasteiger partial charge on any atom is -0.445 e. The zero-order valence-corrected chi connectivity index (χ0v) is 11.9. The van der Waals surface area contributed by atoms with Crippen molar-refractivity contribution in [3.8, 4) is 6.07 Å². The van der Waals surface area contributed by atoms with Crippen LogP contribution in [0.25, 0.3) is 0 Å². The van der Waals surface area contributed by atoms with E-state index in [1.807, 2.05) is 35.2 Å². The number of piperidine rings is 1. The van der Waals surface area contributed by atoms with Gasteiger partial charge in [-0.15, -0.1) is 0 Å². The van der Waals surface area contributed by atoms with E-state index in [-0.39, 0.29) is 18.2 Å². The highest BCUT2D eigenvalue weighted by Gasteiger charge is 2.42. The Balaban J connectivity index is 1.62. The summed E-state index contributed by atoms with van der Waals surface area (Å²) in [7, 11) is 0. The molecule has 2 saturated heterocycles. The van der Waals surface area contributed by atoms with E-state index < -0.39 is 0 Å². The van der Waals surface area contributed by atoms with E-state index in [2.05, 4.69) is 6.07 Å². The molecule has 2 aliphatic heterocycles. The summed E-state index contributed by atoms with van der Waals surface area (Å²) in [5, 5.41) is 8.77. The zero-order valence-electron chi connectivity index (χ0n) is 11.9. The molecule has 0 N–H and O–H groups in total. The second-order valence-electron chi connectivity index (χ2n) is 5.67. The molecule has 2 bridgehead atoms. The van der Waals surface area contributed by atoms with Gasteiger partial charge in [0.1, 0.15) is 6.61 Å². The predicted molar refractivity (Wildman–Crippen MR) is 78.2 cm³/mol. The number of fused-ring (bicyclic) bond motifs is 2. The maximum atomic E-state index is 12.3. The lowest BCUT2D eigenvalue weighted by molar-refractivity contribution is 0.0721. The average Bonchev–Trinajstić information content (AvgIpc) is 2.78. The van der Waals surface area contributed by atoms with Crippen LogP contribution in [0.5, 0.6) is 0 Å². The Hall–Kier alpha value is -2.28. The molecule has 4 nitrogen and oxygen atoms in total. The van der Waals surface area contributed by atoms with E-state index >= 15 is 0 Å².